The first-order valence-electron chi connectivity index (χ1n) is 7.52. The molecule has 0 aliphatic carbocycles. The average molecular weight is 343 g/mol. The molecule has 2 rings (SSSR count). The van der Waals surface area contributed by atoms with E-state index >= 15 is 0 Å². The molecule has 0 spiro atoms. The number of hydrogen-bond donors (Lipinski definition) is 1. The van der Waals surface area contributed by atoms with E-state index < -0.39 is 0 Å². The van der Waals surface area contributed by atoms with Crippen molar-refractivity contribution in [3.63, 3.8) is 0 Å². The lowest BCUT2D eigenvalue weighted by Crippen LogP contribution is -2.46. The number of hydrogen-bond acceptors (Lipinski definition) is 2. The van der Waals surface area contributed by atoms with Crippen LogP contribution in [0, 0.1) is 11.7 Å². The molecule has 20 heavy (non-hydrogen) atoms. The molecule has 112 valence electrons. The van der Waals surface area contributed by atoms with Crippen LogP contribution in [-0.2, 0) is 0 Å². The van der Waals surface area contributed by atoms with Gasteiger partial charge in [-0.15, -0.1) is 0 Å². The summed E-state index contributed by atoms with van der Waals surface area (Å²) in [6.07, 6.45) is 2.34. The molecule has 2 nitrogen and oxygen atoms in total. The van der Waals surface area contributed by atoms with Gasteiger partial charge in [0.1, 0.15) is 5.82 Å². The minimum absolute atomic E-state index is 0.154. The topological polar surface area (TPSA) is 15.3 Å². The maximum atomic E-state index is 13.7. The molecule has 0 amide bonds. The first-order valence-corrected chi connectivity index (χ1v) is 8.32. The van der Waals surface area contributed by atoms with Crippen LogP contribution in [-0.4, -0.2) is 31.1 Å². The van der Waals surface area contributed by atoms with Gasteiger partial charge >= 0.3 is 0 Å². The van der Waals surface area contributed by atoms with Crippen molar-refractivity contribution < 1.29 is 4.39 Å². The average Bonchev–Trinajstić information content (AvgIpc) is 2.39. The third-order valence-electron chi connectivity index (χ3n) is 4.05. The largest absolute Gasteiger partial charge is 0.314 e. The monoisotopic (exact) mass is 342 g/mol. The second kappa shape index (κ2) is 7.53. The molecule has 0 radical (unpaired) electrons. The third kappa shape index (κ3) is 4.03. The molecule has 1 aliphatic heterocycles. The Morgan fingerprint density at radius 1 is 1.30 bits per heavy atom. The van der Waals surface area contributed by atoms with Crippen LogP contribution in [0.4, 0.5) is 4.39 Å². The van der Waals surface area contributed by atoms with Gasteiger partial charge in [0.15, 0.2) is 0 Å². The van der Waals surface area contributed by atoms with Crippen LogP contribution >= 0.6 is 15.9 Å². The highest BCUT2D eigenvalue weighted by atomic mass is 79.9. The molecule has 1 aliphatic rings. The van der Waals surface area contributed by atoms with Gasteiger partial charge in [-0.05, 0) is 36.1 Å². The molecule has 4 heteroatoms. The quantitative estimate of drug-likeness (QED) is 0.870. The Bertz CT molecular complexity index is 412. The van der Waals surface area contributed by atoms with E-state index in [1.165, 1.54) is 18.9 Å². The molecule has 0 saturated carbocycles. The van der Waals surface area contributed by atoms with Gasteiger partial charge in [-0.3, -0.25) is 4.90 Å². The summed E-state index contributed by atoms with van der Waals surface area (Å²) in [5.41, 5.74) is 1.10. The summed E-state index contributed by atoms with van der Waals surface area (Å²) in [6.45, 7) is 8.61. The van der Waals surface area contributed by atoms with Gasteiger partial charge in [0, 0.05) is 36.7 Å². The molecule has 2 atom stereocenters. The van der Waals surface area contributed by atoms with Gasteiger partial charge < -0.3 is 5.32 Å². The summed E-state index contributed by atoms with van der Waals surface area (Å²) >= 11 is 3.42. The van der Waals surface area contributed by atoms with Crippen molar-refractivity contribution in [1.82, 2.24) is 10.2 Å². The summed E-state index contributed by atoms with van der Waals surface area (Å²) < 4.78 is 14.6. The van der Waals surface area contributed by atoms with Crippen molar-refractivity contribution >= 4 is 15.9 Å². The van der Waals surface area contributed by atoms with E-state index in [-0.39, 0.29) is 5.82 Å². The van der Waals surface area contributed by atoms with Gasteiger partial charge in [-0.25, -0.2) is 4.39 Å². The predicted molar refractivity (Wildman–Crippen MR) is 85.4 cm³/mol. The zero-order valence-electron chi connectivity index (χ0n) is 12.3. The number of nitrogens with one attached hydrogen (secondary N) is 1. The van der Waals surface area contributed by atoms with Crippen LogP contribution in [0.3, 0.4) is 0 Å². The van der Waals surface area contributed by atoms with E-state index in [9.17, 15) is 4.39 Å². The molecule has 0 bridgehead atoms. The molecular formula is C16H24BrFN2. The van der Waals surface area contributed by atoms with E-state index in [0.29, 0.717) is 12.0 Å². The molecular weight excluding hydrogens is 319 g/mol. The maximum Gasteiger partial charge on any atom is 0.124 e. The molecule has 1 heterocycles. The summed E-state index contributed by atoms with van der Waals surface area (Å²) in [6, 6.07) is 5.61. The molecule has 1 aromatic rings. The lowest BCUT2D eigenvalue weighted by Gasteiger charge is -2.38. The van der Waals surface area contributed by atoms with Crippen molar-refractivity contribution in [3.8, 4) is 0 Å². The Morgan fingerprint density at radius 3 is 2.60 bits per heavy atom. The molecule has 1 aromatic carbocycles. The van der Waals surface area contributed by atoms with Gasteiger partial charge in [-0.1, -0.05) is 36.2 Å². The fourth-order valence-electron chi connectivity index (χ4n) is 3.22. The van der Waals surface area contributed by atoms with Crippen LogP contribution in [0.1, 0.15) is 38.3 Å². The number of halogens is 2. The number of rotatable bonds is 5. The Morgan fingerprint density at radius 2 is 2.00 bits per heavy atom. The van der Waals surface area contributed by atoms with Crippen molar-refractivity contribution in [2.45, 2.75) is 32.7 Å². The summed E-state index contributed by atoms with van der Waals surface area (Å²) in [7, 11) is 0. The highest BCUT2D eigenvalue weighted by Gasteiger charge is 2.27. The zero-order valence-corrected chi connectivity index (χ0v) is 13.9. The Labute approximate surface area is 129 Å². The summed E-state index contributed by atoms with van der Waals surface area (Å²) in [4.78, 5) is 2.50. The first-order chi connectivity index (χ1) is 9.61. The normalized spacial score (nSPS) is 19.8. The Kier molecular flexibility index (Phi) is 6.00. The van der Waals surface area contributed by atoms with Crippen molar-refractivity contribution in [1.29, 1.82) is 0 Å². The minimum Gasteiger partial charge on any atom is -0.314 e. The van der Waals surface area contributed by atoms with Gasteiger partial charge in [0.2, 0.25) is 0 Å². The lowest BCUT2D eigenvalue weighted by molar-refractivity contribution is 0.126. The minimum atomic E-state index is -0.154. The highest BCUT2D eigenvalue weighted by molar-refractivity contribution is 9.10. The fourth-order valence-corrected chi connectivity index (χ4v) is 3.70. The zero-order chi connectivity index (χ0) is 14.5. The standard InChI is InChI=1S/C16H24BrFN2/c1-3-4-12(2)16(20-7-5-19-6-8-20)13-9-14(17)11-15(18)10-13/h9-12,16,19H,3-8H2,1-2H3/t12?,16-/m1/s1. The van der Waals surface area contributed by atoms with E-state index in [1.54, 1.807) is 6.07 Å². The second-order valence-electron chi connectivity index (χ2n) is 5.70. The molecule has 0 aromatic heterocycles. The highest BCUT2D eigenvalue weighted by Crippen LogP contribution is 2.33. The van der Waals surface area contributed by atoms with Crippen LogP contribution in [0.5, 0.6) is 0 Å². The predicted octanol–water partition coefficient (Wildman–Crippen LogP) is 3.97. The van der Waals surface area contributed by atoms with Crippen LogP contribution < -0.4 is 5.32 Å². The Balaban J connectivity index is 2.28. The SMILES string of the molecule is CCCC(C)[C@H](c1cc(F)cc(Br)c1)N1CCNCC1. The smallest absolute Gasteiger partial charge is 0.124 e. The van der Waals surface area contributed by atoms with E-state index in [2.05, 4.69) is 46.1 Å². The van der Waals surface area contributed by atoms with E-state index in [1.807, 2.05) is 0 Å². The van der Waals surface area contributed by atoms with E-state index in [0.717, 1.165) is 36.2 Å². The van der Waals surface area contributed by atoms with Crippen LogP contribution in [0.25, 0.3) is 0 Å². The van der Waals surface area contributed by atoms with Crippen LogP contribution in [0.15, 0.2) is 22.7 Å². The van der Waals surface area contributed by atoms with Crippen molar-refractivity contribution in [3.05, 3.63) is 34.1 Å². The number of nitrogens with zero attached hydrogens (tertiary/aromatic N) is 1. The van der Waals surface area contributed by atoms with Crippen LogP contribution in [0.2, 0.25) is 0 Å². The lowest BCUT2D eigenvalue weighted by atomic mass is 9.89. The number of benzene rings is 1. The molecule has 1 N–H and O–H groups in total. The van der Waals surface area contributed by atoms with Gasteiger partial charge in [0.25, 0.3) is 0 Å². The summed E-state index contributed by atoms with van der Waals surface area (Å²) in [5, 5.41) is 3.39. The molecule has 1 saturated heterocycles. The first kappa shape index (κ1) is 15.9. The second-order valence-corrected chi connectivity index (χ2v) is 6.62. The fraction of sp³-hybridized carbons (Fsp3) is 0.625. The summed E-state index contributed by atoms with van der Waals surface area (Å²) in [5.74, 6) is 0.380. The number of piperazine rings is 1. The maximum absolute atomic E-state index is 13.7. The van der Waals surface area contributed by atoms with Crippen molar-refractivity contribution in [2.24, 2.45) is 5.92 Å². The van der Waals surface area contributed by atoms with Crippen molar-refractivity contribution in [2.75, 3.05) is 26.2 Å². The Hall–Kier alpha value is -0.450. The molecule has 1 unspecified atom stereocenters. The third-order valence-corrected chi connectivity index (χ3v) is 4.51. The van der Waals surface area contributed by atoms with Gasteiger partial charge in [-0.2, -0.15) is 0 Å². The molecule has 1 fully saturated rings. The van der Waals surface area contributed by atoms with Gasteiger partial charge in [0.05, 0.1) is 0 Å². The van der Waals surface area contributed by atoms with E-state index in [4.69, 9.17) is 0 Å².